The number of hydrogen-bond donors (Lipinski definition) is 2. The highest BCUT2D eigenvalue weighted by Gasteiger charge is 2.07. The summed E-state index contributed by atoms with van der Waals surface area (Å²) in [6.07, 6.45) is 2.66. The average molecular weight is 367 g/mol. The van der Waals surface area contributed by atoms with Crippen LogP contribution in [0.25, 0.3) is 11.0 Å². The van der Waals surface area contributed by atoms with Crippen molar-refractivity contribution in [3.63, 3.8) is 0 Å². The smallest absolute Gasteiger partial charge is 0.220 e. The minimum Gasteiger partial charge on any atom is -0.476 e. The largest absolute Gasteiger partial charge is 0.476 e. The maximum Gasteiger partial charge on any atom is 0.220 e. The molecule has 2 aromatic heterocycles. The second kappa shape index (κ2) is 9.14. The zero-order valence-corrected chi connectivity index (χ0v) is 15.7. The molecule has 0 unspecified atom stereocenters. The first-order chi connectivity index (χ1) is 13.1. The number of para-hydroxylation sites is 2. The van der Waals surface area contributed by atoms with Crippen LogP contribution < -0.4 is 10.1 Å². The van der Waals surface area contributed by atoms with Gasteiger partial charge >= 0.3 is 0 Å². The fourth-order valence-electron chi connectivity index (χ4n) is 2.62. The van der Waals surface area contributed by atoms with Crippen molar-refractivity contribution in [1.29, 1.82) is 0 Å². The van der Waals surface area contributed by atoms with E-state index in [-0.39, 0.29) is 5.91 Å². The summed E-state index contributed by atoms with van der Waals surface area (Å²) >= 11 is 0. The van der Waals surface area contributed by atoms with E-state index >= 15 is 0 Å². The van der Waals surface area contributed by atoms with Gasteiger partial charge < -0.3 is 19.9 Å². The quantitative estimate of drug-likeness (QED) is 0.605. The maximum absolute atomic E-state index is 12.1. The lowest BCUT2D eigenvalue weighted by atomic mass is 10.2. The Morgan fingerprint density at radius 1 is 1.26 bits per heavy atom. The van der Waals surface area contributed by atoms with Crippen LogP contribution in [0.2, 0.25) is 0 Å². The molecule has 3 aromatic rings. The Kier molecular flexibility index (Phi) is 6.38. The van der Waals surface area contributed by atoms with E-state index in [0.717, 1.165) is 29.0 Å². The lowest BCUT2D eigenvalue weighted by Gasteiger charge is -2.11. The van der Waals surface area contributed by atoms with Gasteiger partial charge in [-0.1, -0.05) is 12.1 Å². The van der Waals surface area contributed by atoms with Gasteiger partial charge in [-0.05, 0) is 37.9 Å². The summed E-state index contributed by atoms with van der Waals surface area (Å²) in [7, 11) is 3.99. The molecule has 2 heterocycles. The van der Waals surface area contributed by atoms with Crippen LogP contribution in [0.5, 0.6) is 5.88 Å². The highest BCUT2D eigenvalue weighted by molar-refractivity contribution is 5.77. The van der Waals surface area contributed by atoms with Crippen molar-refractivity contribution in [1.82, 2.24) is 25.2 Å². The molecule has 0 saturated heterocycles. The number of carbonyl (C=O) groups is 1. The van der Waals surface area contributed by atoms with Gasteiger partial charge in [0.15, 0.2) is 0 Å². The van der Waals surface area contributed by atoms with Crippen molar-refractivity contribution in [3.05, 3.63) is 54.0 Å². The Labute approximate surface area is 158 Å². The molecule has 0 bridgehead atoms. The van der Waals surface area contributed by atoms with Crippen LogP contribution in [0.3, 0.4) is 0 Å². The normalized spacial score (nSPS) is 11.1. The van der Waals surface area contributed by atoms with E-state index in [4.69, 9.17) is 4.74 Å². The van der Waals surface area contributed by atoms with E-state index in [9.17, 15) is 4.79 Å². The molecule has 0 atom stereocenters. The Morgan fingerprint density at radius 2 is 2.11 bits per heavy atom. The summed E-state index contributed by atoms with van der Waals surface area (Å²) in [5.41, 5.74) is 2.87. The van der Waals surface area contributed by atoms with Gasteiger partial charge in [0.25, 0.3) is 0 Å². The molecule has 0 spiro atoms. The Balaban J connectivity index is 1.44. The number of pyridine rings is 1. The molecule has 7 nitrogen and oxygen atoms in total. The second-order valence-corrected chi connectivity index (χ2v) is 6.63. The van der Waals surface area contributed by atoms with Crippen LogP contribution in [0, 0.1) is 0 Å². The molecule has 27 heavy (non-hydrogen) atoms. The van der Waals surface area contributed by atoms with Crippen molar-refractivity contribution in [3.8, 4) is 5.88 Å². The van der Waals surface area contributed by atoms with E-state index < -0.39 is 0 Å². The van der Waals surface area contributed by atoms with Crippen molar-refractivity contribution in [2.24, 2.45) is 0 Å². The molecule has 3 rings (SSSR count). The van der Waals surface area contributed by atoms with Crippen molar-refractivity contribution < 1.29 is 9.53 Å². The Hall–Kier alpha value is -2.93. The van der Waals surface area contributed by atoms with Crippen LogP contribution in [0.4, 0.5) is 0 Å². The third-order valence-electron chi connectivity index (χ3n) is 4.10. The number of hydrogen-bond acceptors (Lipinski definition) is 5. The van der Waals surface area contributed by atoms with Crippen LogP contribution in [-0.2, 0) is 17.8 Å². The van der Waals surface area contributed by atoms with Gasteiger partial charge in [-0.3, -0.25) is 4.79 Å². The Morgan fingerprint density at radius 3 is 2.93 bits per heavy atom. The molecule has 1 aromatic carbocycles. The Bertz CT molecular complexity index is 858. The topological polar surface area (TPSA) is 83.1 Å². The van der Waals surface area contributed by atoms with Crippen molar-refractivity contribution in [2.75, 3.05) is 27.2 Å². The maximum atomic E-state index is 12.1. The lowest BCUT2D eigenvalue weighted by Crippen LogP contribution is -2.23. The molecule has 142 valence electrons. The summed E-state index contributed by atoms with van der Waals surface area (Å²) in [5, 5.41) is 2.93. The number of likely N-dealkylation sites (N-methyl/N-ethyl adjacent to an activating group) is 1. The van der Waals surface area contributed by atoms with Gasteiger partial charge in [0.1, 0.15) is 12.4 Å². The van der Waals surface area contributed by atoms with E-state index in [1.54, 1.807) is 6.20 Å². The summed E-state index contributed by atoms with van der Waals surface area (Å²) in [4.78, 5) is 26.1. The standard InChI is InChI=1S/C20H25N5O2/c1-25(2)11-12-27-20-13-15(9-10-21-20)14-22-19(26)8-7-18-23-16-5-3-4-6-17(16)24-18/h3-6,9-10,13H,7-8,11-12,14H2,1-2H3,(H,22,26)(H,23,24). The van der Waals surface area contributed by atoms with Gasteiger partial charge in [-0.15, -0.1) is 0 Å². The first-order valence-corrected chi connectivity index (χ1v) is 9.03. The summed E-state index contributed by atoms with van der Waals surface area (Å²) < 4.78 is 5.62. The molecule has 2 N–H and O–H groups in total. The molecule has 0 saturated carbocycles. The van der Waals surface area contributed by atoms with Crippen LogP contribution in [0.1, 0.15) is 17.8 Å². The van der Waals surface area contributed by atoms with Crippen molar-refractivity contribution in [2.45, 2.75) is 19.4 Å². The van der Waals surface area contributed by atoms with Gasteiger partial charge in [-0.25, -0.2) is 9.97 Å². The van der Waals surface area contributed by atoms with Crippen LogP contribution in [-0.4, -0.2) is 53.0 Å². The zero-order valence-electron chi connectivity index (χ0n) is 15.7. The van der Waals surface area contributed by atoms with E-state index in [1.165, 1.54) is 0 Å². The fraction of sp³-hybridized carbons (Fsp3) is 0.350. The minimum absolute atomic E-state index is 0.0117. The monoisotopic (exact) mass is 367 g/mol. The van der Waals surface area contributed by atoms with E-state index in [2.05, 4.69) is 20.3 Å². The number of nitrogens with zero attached hydrogens (tertiary/aromatic N) is 3. The number of rotatable bonds is 9. The highest BCUT2D eigenvalue weighted by Crippen LogP contribution is 2.12. The lowest BCUT2D eigenvalue weighted by molar-refractivity contribution is -0.121. The molecule has 0 aliphatic heterocycles. The number of carbonyl (C=O) groups excluding carboxylic acids is 1. The summed E-state index contributed by atoms with van der Waals surface area (Å²) in [6, 6.07) is 11.6. The van der Waals surface area contributed by atoms with Gasteiger partial charge in [0.2, 0.25) is 11.8 Å². The molecule has 0 radical (unpaired) electrons. The number of nitrogens with one attached hydrogen (secondary N) is 2. The first-order valence-electron chi connectivity index (χ1n) is 9.03. The molecule has 1 amide bonds. The number of aromatic amines is 1. The minimum atomic E-state index is -0.0117. The molecular weight excluding hydrogens is 342 g/mol. The second-order valence-electron chi connectivity index (χ2n) is 6.63. The van der Waals surface area contributed by atoms with Gasteiger partial charge in [0.05, 0.1) is 11.0 Å². The number of amides is 1. The SMILES string of the molecule is CN(C)CCOc1cc(CNC(=O)CCc2nc3ccccc3[nH]2)ccn1. The average Bonchev–Trinajstić information content (AvgIpc) is 3.08. The third kappa shape index (κ3) is 5.79. The van der Waals surface area contributed by atoms with E-state index in [1.807, 2.05) is 55.4 Å². The first kappa shape index (κ1) is 18.8. The van der Waals surface area contributed by atoms with Crippen molar-refractivity contribution >= 4 is 16.9 Å². The fourth-order valence-corrected chi connectivity index (χ4v) is 2.62. The van der Waals surface area contributed by atoms with Crippen LogP contribution in [0.15, 0.2) is 42.6 Å². The number of benzene rings is 1. The highest BCUT2D eigenvalue weighted by atomic mass is 16.5. The summed E-state index contributed by atoms with van der Waals surface area (Å²) in [5.74, 6) is 1.39. The molecule has 0 aliphatic carbocycles. The molecular formula is C20H25N5O2. The molecule has 0 aliphatic rings. The van der Waals surface area contributed by atoms with Gasteiger partial charge in [-0.2, -0.15) is 0 Å². The summed E-state index contributed by atoms with van der Waals surface area (Å²) in [6.45, 7) is 1.85. The van der Waals surface area contributed by atoms with Crippen LogP contribution >= 0.6 is 0 Å². The number of ether oxygens (including phenoxy) is 1. The number of imidazole rings is 1. The number of H-pyrrole nitrogens is 1. The zero-order chi connectivity index (χ0) is 19.1. The predicted molar refractivity (Wildman–Crippen MR) is 105 cm³/mol. The van der Waals surface area contributed by atoms with Gasteiger partial charge in [0, 0.05) is 38.2 Å². The number of aromatic nitrogens is 3. The van der Waals surface area contributed by atoms with E-state index in [0.29, 0.717) is 31.9 Å². The predicted octanol–water partition coefficient (Wildman–Crippen LogP) is 2.15. The molecule has 0 fully saturated rings. The number of fused-ring (bicyclic) bond motifs is 1. The molecule has 7 heteroatoms. The number of aryl methyl sites for hydroxylation is 1. The third-order valence-corrected chi connectivity index (χ3v) is 4.10.